The van der Waals surface area contributed by atoms with Crippen LogP contribution in [0.25, 0.3) is 0 Å². The van der Waals surface area contributed by atoms with Crippen molar-refractivity contribution in [3.05, 3.63) is 15.9 Å². The molecule has 1 saturated carbocycles. The van der Waals surface area contributed by atoms with E-state index in [1.165, 1.54) is 19.3 Å². The summed E-state index contributed by atoms with van der Waals surface area (Å²) in [5.74, 6) is 0.541. The van der Waals surface area contributed by atoms with E-state index >= 15 is 0 Å². The second-order valence-corrected chi connectivity index (χ2v) is 6.01. The third-order valence-corrected chi connectivity index (χ3v) is 4.74. The van der Waals surface area contributed by atoms with Crippen LogP contribution < -0.4 is 5.32 Å². The maximum Gasteiger partial charge on any atom is 0.270 e. The van der Waals surface area contributed by atoms with Gasteiger partial charge >= 0.3 is 0 Å². The van der Waals surface area contributed by atoms with E-state index in [2.05, 4.69) is 33.3 Å². The summed E-state index contributed by atoms with van der Waals surface area (Å²) < 4.78 is 2.44. The largest absolute Gasteiger partial charge is 0.348 e. The lowest BCUT2D eigenvalue weighted by Crippen LogP contribution is -2.41. The van der Waals surface area contributed by atoms with E-state index in [1.807, 2.05) is 6.92 Å². The van der Waals surface area contributed by atoms with Crippen LogP contribution in [-0.2, 0) is 7.05 Å². The minimum Gasteiger partial charge on any atom is -0.348 e. The molecule has 0 radical (unpaired) electrons. The first-order valence-corrected chi connectivity index (χ1v) is 7.30. The van der Waals surface area contributed by atoms with Crippen molar-refractivity contribution in [2.45, 2.75) is 45.6 Å². The number of hydrogen-bond donors (Lipinski definition) is 1. The fraction of sp³-hybridized carbons (Fsp3) is 0.692. The molecule has 0 aromatic carbocycles. The smallest absolute Gasteiger partial charge is 0.270 e. The van der Waals surface area contributed by atoms with Crippen molar-refractivity contribution in [1.29, 1.82) is 0 Å². The molecule has 1 aliphatic carbocycles. The molecule has 1 aliphatic rings. The fourth-order valence-corrected chi connectivity index (χ4v) is 3.16. The van der Waals surface area contributed by atoms with Gasteiger partial charge in [0.2, 0.25) is 0 Å². The minimum atomic E-state index is -0.0243. The van der Waals surface area contributed by atoms with Gasteiger partial charge in [-0.1, -0.05) is 19.8 Å². The molecular formula is C13H20BrN3O. The number of halogens is 1. The number of carbonyl (C=O) groups is 1. The SMILES string of the molecule is Cc1nn(C)c(C(=O)N[C@H]2CCCC[C@H]2C)c1Br. The van der Waals surface area contributed by atoms with Crippen LogP contribution in [0.15, 0.2) is 4.47 Å². The van der Waals surface area contributed by atoms with Gasteiger partial charge in [-0.05, 0) is 41.6 Å². The number of aromatic nitrogens is 2. The Balaban J connectivity index is 2.12. The molecule has 0 bridgehead atoms. The van der Waals surface area contributed by atoms with Crippen LogP contribution in [0.4, 0.5) is 0 Å². The van der Waals surface area contributed by atoms with Crippen molar-refractivity contribution in [2.24, 2.45) is 13.0 Å². The summed E-state index contributed by atoms with van der Waals surface area (Å²) in [6.45, 7) is 4.11. The average Bonchev–Trinajstić information content (AvgIpc) is 2.56. The van der Waals surface area contributed by atoms with Crippen LogP contribution in [0.2, 0.25) is 0 Å². The number of nitrogens with zero attached hydrogens (tertiary/aromatic N) is 2. The quantitative estimate of drug-likeness (QED) is 0.912. The Hall–Kier alpha value is -0.840. The highest BCUT2D eigenvalue weighted by Crippen LogP contribution is 2.25. The van der Waals surface area contributed by atoms with Crippen LogP contribution in [0.3, 0.4) is 0 Å². The molecule has 4 nitrogen and oxygen atoms in total. The van der Waals surface area contributed by atoms with Crippen LogP contribution in [0.5, 0.6) is 0 Å². The van der Waals surface area contributed by atoms with Gasteiger partial charge in [-0.2, -0.15) is 5.10 Å². The summed E-state index contributed by atoms with van der Waals surface area (Å²) in [7, 11) is 1.80. The van der Waals surface area contributed by atoms with Gasteiger partial charge in [0, 0.05) is 13.1 Å². The molecule has 0 unspecified atom stereocenters. The van der Waals surface area contributed by atoms with Gasteiger partial charge in [0.1, 0.15) is 5.69 Å². The summed E-state index contributed by atoms with van der Waals surface area (Å²) in [4.78, 5) is 12.3. The Morgan fingerprint density at radius 3 is 2.67 bits per heavy atom. The lowest BCUT2D eigenvalue weighted by molar-refractivity contribution is 0.0900. The van der Waals surface area contributed by atoms with E-state index in [4.69, 9.17) is 0 Å². The van der Waals surface area contributed by atoms with E-state index in [0.717, 1.165) is 16.6 Å². The molecule has 1 amide bonds. The Morgan fingerprint density at radius 1 is 1.44 bits per heavy atom. The highest BCUT2D eigenvalue weighted by atomic mass is 79.9. The molecule has 1 fully saturated rings. The molecule has 1 N–H and O–H groups in total. The van der Waals surface area contributed by atoms with E-state index < -0.39 is 0 Å². The maximum atomic E-state index is 12.3. The molecule has 0 spiro atoms. The first-order valence-electron chi connectivity index (χ1n) is 6.50. The molecule has 1 aromatic heterocycles. The predicted molar refractivity (Wildman–Crippen MR) is 74.5 cm³/mol. The summed E-state index contributed by atoms with van der Waals surface area (Å²) in [6, 6.07) is 0.299. The number of aryl methyl sites for hydroxylation is 2. The Morgan fingerprint density at radius 2 is 2.11 bits per heavy atom. The van der Waals surface area contributed by atoms with Gasteiger partial charge in [-0.25, -0.2) is 0 Å². The van der Waals surface area contributed by atoms with Crippen LogP contribution >= 0.6 is 15.9 Å². The zero-order chi connectivity index (χ0) is 13.3. The highest BCUT2D eigenvalue weighted by Gasteiger charge is 2.26. The van der Waals surface area contributed by atoms with Crippen molar-refractivity contribution in [2.75, 3.05) is 0 Å². The summed E-state index contributed by atoms with van der Waals surface area (Å²) in [6.07, 6.45) is 4.78. The van der Waals surface area contributed by atoms with E-state index in [9.17, 15) is 4.79 Å². The molecule has 0 saturated heterocycles. The third-order valence-electron chi connectivity index (χ3n) is 3.79. The van der Waals surface area contributed by atoms with Crippen molar-refractivity contribution >= 4 is 21.8 Å². The number of nitrogens with one attached hydrogen (secondary N) is 1. The van der Waals surface area contributed by atoms with Crippen LogP contribution in [0, 0.1) is 12.8 Å². The molecule has 0 aliphatic heterocycles. The highest BCUT2D eigenvalue weighted by molar-refractivity contribution is 9.10. The van der Waals surface area contributed by atoms with Crippen molar-refractivity contribution < 1.29 is 4.79 Å². The minimum absolute atomic E-state index is 0.0243. The maximum absolute atomic E-state index is 12.3. The lowest BCUT2D eigenvalue weighted by atomic mass is 9.86. The second-order valence-electron chi connectivity index (χ2n) is 5.21. The normalized spacial score (nSPS) is 24.0. The van der Waals surface area contributed by atoms with Gasteiger partial charge in [-0.3, -0.25) is 9.48 Å². The van der Waals surface area contributed by atoms with E-state index in [-0.39, 0.29) is 5.91 Å². The Bertz CT molecular complexity index is 455. The number of hydrogen-bond acceptors (Lipinski definition) is 2. The second kappa shape index (κ2) is 5.43. The first kappa shape index (κ1) is 13.6. The monoisotopic (exact) mass is 313 g/mol. The zero-order valence-electron chi connectivity index (χ0n) is 11.2. The van der Waals surface area contributed by atoms with Crippen molar-refractivity contribution in [3.8, 4) is 0 Å². The van der Waals surface area contributed by atoms with E-state index in [0.29, 0.717) is 17.7 Å². The van der Waals surface area contributed by atoms with E-state index in [1.54, 1.807) is 11.7 Å². The zero-order valence-corrected chi connectivity index (χ0v) is 12.7. The number of rotatable bonds is 2. The molecule has 1 heterocycles. The molecular weight excluding hydrogens is 294 g/mol. The number of amides is 1. The van der Waals surface area contributed by atoms with Gasteiger partial charge in [0.05, 0.1) is 10.2 Å². The summed E-state index contributed by atoms with van der Waals surface area (Å²) >= 11 is 3.44. The molecule has 1 aromatic rings. The average molecular weight is 314 g/mol. The summed E-state index contributed by atoms with van der Waals surface area (Å²) in [5.41, 5.74) is 1.46. The third kappa shape index (κ3) is 2.60. The van der Waals surface area contributed by atoms with Crippen LogP contribution in [-0.4, -0.2) is 21.7 Å². The standard InChI is InChI=1S/C13H20BrN3O/c1-8-6-4-5-7-10(8)15-13(18)12-11(14)9(2)16-17(12)3/h8,10H,4-7H2,1-3H3,(H,15,18)/t8-,10+/m1/s1. The molecule has 5 heteroatoms. The molecule has 100 valence electrons. The van der Waals surface area contributed by atoms with Gasteiger partial charge < -0.3 is 5.32 Å². The molecule has 2 atom stereocenters. The van der Waals surface area contributed by atoms with Crippen LogP contribution in [0.1, 0.15) is 48.8 Å². The molecule has 2 rings (SSSR count). The topological polar surface area (TPSA) is 46.9 Å². The van der Waals surface area contributed by atoms with Gasteiger partial charge in [0.25, 0.3) is 5.91 Å². The van der Waals surface area contributed by atoms with Crippen molar-refractivity contribution in [3.63, 3.8) is 0 Å². The van der Waals surface area contributed by atoms with Crippen molar-refractivity contribution in [1.82, 2.24) is 15.1 Å². The Kier molecular flexibility index (Phi) is 4.10. The summed E-state index contributed by atoms with van der Waals surface area (Å²) in [5, 5.41) is 7.40. The fourth-order valence-electron chi connectivity index (χ4n) is 2.65. The Labute approximate surface area is 116 Å². The van der Waals surface area contributed by atoms with Gasteiger partial charge in [-0.15, -0.1) is 0 Å². The predicted octanol–water partition coefficient (Wildman–Crippen LogP) is 2.80. The molecule has 18 heavy (non-hydrogen) atoms. The lowest BCUT2D eigenvalue weighted by Gasteiger charge is -2.29. The van der Waals surface area contributed by atoms with Gasteiger partial charge in [0.15, 0.2) is 0 Å². The number of carbonyl (C=O) groups excluding carboxylic acids is 1. The first-order chi connectivity index (χ1) is 8.50.